The normalized spacial score (nSPS) is 10.7. The molecule has 0 spiro atoms. The molecule has 2 aromatic heterocycles. The number of nitrogens with zero attached hydrogens (tertiary/aromatic N) is 4. The first kappa shape index (κ1) is 20.3. The van der Waals surface area contributed by atoms with Crippen molar-refractivity contribution in [3.05, 3.63) is 77.9 Å². The van der Waals surface area contributed by atoms with Crippen LogP contribution in [0.3, 0.4) is 0 Å². The summed E-state index contributed by atoms with van der Waals surface area (Å²) in [7, 11) is 0. The van der Waals surface area contributed by atoms with Crippen LogP contribution in [0.5, 0.6) is 5.75 Å². The Balaban J connectivity index is 1.15. The molecular formula is C22H22N6O3. The van der Waals surface area contributed by atoms with Crippen molar-refractivity contribution in [1.82, 2.24) is 30.6 Å². The van der Waals surface area contributed by atoms with E-state index in [4.69, 9.17) is 9.26 Å². The molecule has 2 aromatic carbocycles. The smallest absolute Gasteiger partial charge is 0.239 e. The monoisotopic (exact) mass is 418 g/mol. The minimum absolute atomic E-state index is 0.0674. The molecule has 0 aliphatic heterocycles. The molecule has 0 bridgehead atoms. The summed E-state index contributed by atoms with van der Waals surface area (Å²) in [5.41, 5.74) is 2.25. The summed E-state index contributed by atoms with van der Waals surface area (Å²) in [5, 5.41) is 13.1. The van der Waals surface area contributed by atoms with Crippen molar-refractivity contribution in [3.63, 3.8) is 0 Å². The van der Waals surface area contributed by atoms with E-state index in [9.17, 15) is 4.79 Å². The maximum absolute atomic E-state index is 12.1. The van der Waals surface area contributed by atoms with Gasteiger partial charge < -0.3 is 14.6 Å². The molecule has 158 valence electrons. The van der Waals surface area contributed by atoms with Gasteiger partial charge >= 0.3 is 0 Å². The van der Waals surface area contributed by atoms with Crippen LogP contribution in [0.25, 0.3) is 11.6 Å². The number of amides is 1. The number of benzene rings is 2. The fourth-order valence-corrected chi connectivity index (χ4v) is 2.91. The Labute approximate surface area is 178 Å². The van der Waals surface area contributed by atoms with Crippen LogP contribution >= 0.6 is 0 Å². The van der Waals surface area contributed by atoms with E-state index in [1.54, 1.807) is 0 Å². The summed E-state index contributed by atoms with van der Waals surface area (Å²) in [6, 6.07) is 18.0. The van der Waals surface area contributed by atoms with Crippen LogP contribution < -0.4 is 10.1 Å². The minimum Gasteiger partial charge on any atom is -0.489 e. The van der Waals surface area contributed by atoms with Gasteiger partial charge in [0.25, 0.3) is 0 Å². The van der Waals surface area contributed by atoms with Crippen LogP contribution in [-0.4, -0.2) is 37.8 Å². The number of aryl methyl sites for hydroxylation is 1. The predicted octanol–water partition coefficient (Wildman–Crippen LogP) is 2.73. The van der Waals surface area contributed by atoms with E-state index in [0.29, 0.717) is 37.1 Å². The molecule has 0 radical (unpaired) electrons. The van der Waals surface area contributed by atoms with Gasteiger partial charge in [-0.1, -0.05) is 47.6 Å². The Morgan fingerprint density at radius 3 is 2.65 bits per heavy atom. The molecule has 0 unspecified atom stereocenters. The first-order valence-electron chi connectivity index (χ1n) is 9.97. The van der Waals surface area contributed by atoms with Crippen LogP contribution in [0.4, 0.5) is 0 Å². The van der Waals surface area contributed by atoms with Crippen molar-refractivity contribution >= 4 is 5.91 Å². The van der Waals surface area contributed by atoms with Crippen molar-refractivity contribution in [2.24, 2.45) is 0 Å². The zero-order valence-electron chi connectivity index (χ0n) is 16.8. The standard InChI is InChI=1S/C22H22N6O3/c29-19(10-11-20-26-22(28-31-20)21-24-15-25-27-21)23-13-12-16-6-8-18(9-7-16)30-14-17-4-2-1-3-5-17/h1-9,15H,10-14H2,(H,23,29)(H,24,25,27). The Morgan fingerprint density at radius 1 is 1.03 bits per heavy atom. The zero-order valence-corrected chi connectivity index (χ0v) is 16.8. The number of rotatable bonds is 10. The molecule has 0 fully saturated rings. The van der Waals surface area contributed by atoms with E-state index in [1.807, 2.05) is 54.6 Å². The molecule has 2 heterocycles. The van der Waals surface area contributed by atoms with Gasteiger partial charge in [-0.25, -0.2) is 4.98 Å². The lowest BCUT2D eigenvalue weighted by Gasteiger charge is -2.08. The number of carbonyl (C=O) groups is 1. The fraction of sp³-hybridized carbons (Fsp3) is 0.227. The van der Waals surface area contributed by atoms with E-state index < -0.39 is 0 Å². The first-order valence-corrected chi connectivity index (χ1v) is 9.97. The lowest BCUT2D eigenvalue weighted by atomic mass is 10.1. The third kappa shape index (κ3) is 5.99. The van der Waals surface area contributed by atoms with E-state index in [1.165, 1.54) is 6.33 Å². The highest BCUT2D eigenvalue weighted by molar-refractivity contribution is 5.76. The van der Waals surface area contributed by atoms with Crippen LogP contribution in [0.15, 0.2) is 65.4 Å². The number of nitrogens with one attached hydrogen (secondary N) is 2. The van der Waals surface area contributed by atoms with Gasteiger partial charge in [-0.15, -0.1) is 0 Å². The number of carbonyl (C=O) groups excluding carboxylic acids is 1. The molecule has 2 N–H and O–H groups in total. The highest BCUT2D eigenvalue weighted by Crippen LogP contribution is 2.14. The molecule has 31 heavy (non-hydrogen) atoms. The second kappa shape index (κ2) is 10.1. The van der Waals surface area contributed by atoms with Gasteiger partial charge in [-0.05, 0) is 29.7 Å². The molecule has 4 rings (SSSR count). The van der Waals surface area contributed by atoms with Crippen molar-refractivity contribution in [1.29, 1.82) is 0 Å². The van der Waals surface area contributed by atoms with Gasteiger partial charge in [-0.3, -0.25) is 9.89 Å². The summed E-state index contributed by atoms with van der Waals surface area (Å²) >= 11 is 0. The maximum Gasteiger partial charge on any atom is 0.239 e. The van der Waals surface area contributed by atoms with E-state index in [-0.39, 0.29) is 12.3 Å². The SMILES string of the molecule is O=C(CCc1nc(-c2ncn[nH]2)no1)NCCc1ccc(OCc2ccccc2)cc1. The number of aromatic amines is 1. The van der Waals surface area contributed by atoms with Gasteiger partial charge in [-0.2, -0.15) is 10.1 Å². The number of H-pyrrole nitrogens is 1. The molecule has 9 heteroatoms. The Kier molecular flexibility index (Phi) is 6.64. The third-order valence-electron chi connectivity index (χ3n) is 4.57. The summed E-state index contributed by atoms with van der Waals surface area (Å²) in [4.78, 5) is 20.2. The average molecular weight is 418 g/mol. The highest BCUT2D eigenvalue weighted by atomic mass is 16.5. The number of hydrogen-bond donors (Lipinski definition) is 2. The number of ether oxygens (including phenoxy) is 1. The first-order chi connectivity index (χ1) is 15.3. The van der Waals surface area contributed by atoms with Crippen molar-refractivity contribution in [2.75, 3.05) is 6.54 Å². The van der Waals surface area contributed by atoms with Crippen LogP contribution in [-0.2, 0) is 24.2 Å². The Bertz CT molecular complexity index is 1080. The average Bonchev–Trinajstić information content (AvgIpc) is 3.50. The second-order valence-corrected chi connectivity index (χ2v) is 6.86. The summed E-state index contributed by atoms with van der Waals surface area (Å²) in [5.74, 6) is 1.89. The number of aromatic nitrogens is 5. The van der Waals surface area contributed by atoms with Crippen molar-refractivity contribution in [3.8, 4) is 17.4 Å². The maximum atomic E-state index is 12.1. The van der Waals surface area contributed by atoms with Crippen LogP contribution in [0.1, 0.15) is 23.4 Å². The van der Waals surface area contributed by atoms with Crippen LogP contribution in [0.2, 0.25) is 0 Å². The predicted molar refractivity (Wildman–Crippen MR) is 112 cm³/mol. The number of hydrogen-bond acceptors (Lipinski definition) is 7. The molecule has 0 aliphatic rings. The Morgan fingerprint density at radius 2 is 1.87 bits per heavy atom. The third-order valence-corrected chi connectivity index (χ3v) is 4.57. The van der Waals surface area contributed by atoms with Crippen molar-refractivity contribution < 1.29 is 14.1 Å². The van der Waals surface area contributed by atoms with E-state index >= 15 is 0 Å². The largest absolute Gasteiger partial charge is 0.489 e. The zero-order chi connectivity index (χ0) is 21.3. The molecule has 1 amide bonds. The van der Waals surface area contributed by atoms with Gasteiger partial charge in [0.1, 0.15) is 18.7 Å². The second-order valence-electron chi connectivity index (χ2n) is 6.86. The molecule has 0 saturated heterocycles. The molecule has 0 saturated carbocycles. The fourth-order valence-electron chi connectivity index (χ4n) is 2.91. The topological polar surface area (TPSA) is 119 Å². The van der Waals surface area contributed by atoms with Gasteiger partial charge in [0.15, 0.2) is 5.82 Å². The van der Waals surface area contributed by atoms with E-state index in [0.717, 1.165) is 23.3 Å². The van der Waals surface area contributed by atoms with Crippen LogP contribution in [0, 0.1) is 0 Å². The quantitative estimate of drug-likeness (QED) is 0.406. The lowest BCUT2D eigenvalue weighted by Crippen LogP contribution is -2.25. The summed E-state index contributed by atoms with van der Waals surface area (Å²) in [6.45, 7) is 1.09. The molecule has 0 atom stereocenters. The molecular weight excluding hydrogens is 396 g/mol. The Hall–Kier alpha value is -4.01. The lowest BCUT2D eigenvalue weighted by molar-refractivity contribution is -0.121. The van der Waals surface area contributed by atoms with Gasteiger partial charge in [0.2, 0.25) is 17.6 Å². The highest BCUT2D eigenvalue weighted by Gasteiger charge is 2.12. The minimum atomic E-state index is -0.0674. The molecule has 9 nitrogen and oxygen atoms in total. The van der Waals surface area contributed by atoms with Gasteiger partial charge in [0, 0.05) is 19.4 Å². The molecule has 4 aromatic rings. The van der Waals surface area contributed by atoms with Crippen molar-refractivity contribution in [2.45, 2.75) is 25.9 Å². The summed E-state index contributed by atoms with van der Waals surface area (Å²) < 4.78 is 10.9. The summed E-state index contributed by atoms with van der Waals surface area (Å²) in [6.07, 6.45) is 2.73. The van der Waals surface area contributed by atoms with Gasteiger partial charge in [0.05, 0.1) is 0 Å². The molecule has 0 aliphatic carbocycles. The van der Waals surface area contributed by atoms with E-state index in [2.05, 4.69) is 30.6 Å².